The first-order valence-electron chi connectivity index (χ1n) is 12.4. The molecule has 1 saturated carbocycles. The fourth-order valence-electron chi connectivity index (χ4n) is 5.11. The summed E-state index contributed by atoms with van der Waals surface area (Å²) < 4.78 is 20.3. The first-order valence-corrected chi connectivity index (χ1v) is 12.4. The minimum atomic E-state index is -0.130. The summed E-state index contributed by atoms with van der Waals surface area (Å²) in [5, 5.41) is 0. The van der Waals surface area contributed by atoms with Gasteiger partial charge in [0.05, 0.1) is 6.61 Å². The molecule has 0 bridgehead atoms. The first kappa shape index (κ1) is 23.3. The third-order valence-electron chi connectivity index (χ3n) is 7.04. The van der Waals surface area contributed by atoms with Gasteiger partial charge >= 0.3 is 0 Å². The van der Waals surface area contributed by atoms with Gasteiger partial charge in [0.15, 0.2) is 0 Å². The van der Waals surface area contributed by atoms with Crippen LogP contribution in [0.25, 0.3) is 12.2 Å². The molecule has 33 heavy (non-hydrogen) atoms. The lowest BCUT2D eigenvalue weighted by Gasteiger charge is -2.30. The zero-order valence-electron chi connectivity index (χ0n) is 19.8. The van der Waals surface area contributed by atoms with Gasteiger partial charge in [-0.15, -0.1) is 0 Å². The van der Waals surface area contributed by atoms with E-state index in [2.05, 4.69) is 43.3 Å². The van der Waals surface area contributed by atoms with E-state index in [0.717, 1.165) is 35.6 Å². The highest BCUT2D eigenvalue weighted by atomic mass is 19.1. The monoisotopic (exact) mass is 442 g/mol. The molecule has 1 aliphatic rings. The summed E-state index contributed by atoms with van der Waals surface area (Å²) in [6.07, 6.45) is 9.86. The number of benzene rings is 3. The number of halogens is 1. The van der Waals surface area contributed by atoms with Crippen LogP contribution in [0.1, 0.15) is 80.0 Å². The van der Waals surface area contributed by atoms with Crippen LogP contribution in [-0.2, 0) is 0 Å². The van der Waals surface area contributed by atoms with Crippen molar-refractivity contribution in [1.29, 1.82) is 0 Å². The van der Waals surface area contributed by atoms with Crippen LogP contribution in [0.4, 0.5) is 4.39 Å². The van der Waals surface area contributed by atoms with E-state index in [-0.39, 0.29) is 5.82 Å². The second kappa shape index (κ2) is 11.3. The number of hydrogen-bond acceptors (Lipinski definition) is 1. The van der Waals surface area contributed by atoms with Gasteiger partial charge in [0, 0.05) is 5.56 Å². The molecule has 4 rings (SSSR count). The van der Waals surface area contributed by atoms with Crippen molar-refractivity contribution < 1.29 is 9.13 Å². The molecule has 0 radical (unpaired) electrons. The van der Waals surface area contributed by atoms with Crippen LogP contribution in [-0.4, -0.2) is 6.61 Å². The van der Waals surface area contributed by atoms with E-state index in [1.807, 2.05) is 49.4 Å². The van der Waals surface area contributed by atoms with E-state index >= 15 is 0 Å². The highest BCUT2D eigenvalue weighted by Crippen LogP contribution is 2.40. The molecule has 1 atom stereocenters. The first-order chi connectivity index (χ1) is 16.1. The van der Waals surface area contributed by atoms with Crippen LogP contribution < -0.4 is 4.74 Å². The Balaban J connectivity index is 1.32. The van der Waals surface area contributed by atoms with Gasteiger partial charge in [-0.25, -0.2) is 4.39 Å². The maximum atomic E-state index is 14.8. The van der Waals surface area contributed by atoms with Crippen molar-refractivity contribution >= 4 is 12.2 Å². The lowest BCUT2D eigenvalue weighted by atomic mass is 9.75. The molecular formula is C31H35FO. The molecule has 3 aromatic carbocycles. The molecule has 1 nitrogen and oxygen atoms in total. The van der Waals surface area contributed by atoms with Crippen LogP contribution in [0.5, 0.6) is 5.75 Å². The molecule has 0 amide bonds. The van der Waals surface area contributed by atoms with Gasteiger partial charge in [0.2, 0.25) is 0 Å². The minimum Gasteiger partial charge on any atom is -0.494 e. The van der Waals surface area contributed by atoms with Crippen LogP contribution in [0.15, 0.2) is 72.8 Å². The molecule has 0 N–H and O–H groups in total. The molecule has 0 spiro atoms. The Bertz CT molecular complexity index is 1030. The Morgan fingerprint density at radius 2 is 1.64 bits per heavy atom. The van der Waals surface area contributed by atoms with Crippen LogP contribution in [0.3, 0.4) is 0 Å². The summed E-state index contributed by atoms with van der Waals surface area (Å²) in [4.78, 5) is 0. The molecule has 0 unspecified atom stereocenters. The normalized spacial score (nSPS) is 19.5. The molecule has 0 saturated heterocycles. The average molecular weight is 443 g/mol. The Morgan fingerprint density at radius 3 is 2.30 bits per heavy atom. The lowest BCUT2D eigenvalue weighted by molar-refractivity contribution is 0.297. The average Bonchev–Trinajstić information content (AvgIpc) is 2.85. The van der Waals surface area contributed by atoms with Crippen molar-refractivity contribution in [2.45, 2.75) is 57.8 Å². The molecule has 1 aliphatic carbocycles. The van der Waals surface area contributed by atoms with E-state index in [1.54, 1.807) is 6.07 Å². The van der Waals surface area contributed by atoms with Gasteiger partial charge in [-0.1, -0.05) is 73.7 Å². The molecular weight excluding hydrogens is 407 g/mol. The summed E-state index contributed by atoms with van der Waals surface area (Å²) in [7, 11) is 0. The highest BCUT2D eigenvalue weighted by molar-refractivity contribution is 5.70. The van der Waals surface area contributed by atoms with Gasteiger partial charge in [-0.05, 0) is 91.7 Å². The summed E-state index contributed by atoms with van der Waals surface area (Å²) in [6, 6.07) is 24.5. The summed E-state index contributed by atoms with van der Waals surface area (Å²) in [6.45, 7) is 4.97. The van der Waals surface area contributed by atoms with Gasteiger partial charge in [0.25, 0.3) is 0 Å². The topological polar surface area (TPSA) is 9.23 Å². The van der Waals surface area contributed by atoms with Crippen molar-refractivity contribution in [2.24, 2.45) is 5.92 Å². The van der Waals surface area contributed by atoms with Crippen LogP contribution in [0, 0.1) is 11.7 Å². The summed E-state index contributed by atoms with van der Waals surface area (Å²) in [5.74, 6) is 2.58. The quantitative estimate of drug-likeness (QED) is 0.317. The van der Waals surface area contributed by atoms with E-state index < -0.39 is 0 Å². The smallest absolute Gasteiger partial charge is 0.130 e. The molecule has 0 heterocycles. The molecule has 0 aromatic heterocycles. The van der Waals surface area contributed by atoms with Gasteiger partial charge in [-0.3, -0.25) is 0 Å². The van der Waals surface area contributed by atoms with E-state index in [0.29, 0.717) is 24.0 Å². The third kappa shape index (κ3) is 6.35. The van der Waals surface area contributed by atoms with Gasteiger partial charge < -0.3 is 4.74 Å². The van der Waals surface area contributed by atoms with E-state index in [1.165, 1.54) is 24.8 Å². The Hall–Kier alpha value is -2.87. The fraction of sp³-hybridized carbons (Fsp3) is 0.355. The van der Waals surface area contributed by atoms with Crippen molar-refractivity contribution in [2.75, 3.05) is 6.61 Å². The standard InChI is InChI=1S/C31H35FO/c1-3-33-30-19-12-24(13-20-30)9-16-28-17-18-29(22-31(28)32)27-14-10-25(11-15-27)21-23(2)26-7-5-4-6-8-26/h4-9,12-13,16-20,22-23,25,27H,3,10-11,14-15,21H2,1-2H3/t23-,25?,27?/m0/s1. The second-order valence-electron chi connectivity index (χ2n) is 9.38. The van der Waals surface area contributed by atoms with Crippen LogP contribution in [0.2, 0.25) is 0 Å². The summed E-state index contributed by atoms with van der Waals surface area (Å²) in [5.41, 5.74) is 4.26. The molecule has 2 heteroatoms. The number of ether oxygens (including phenoxy) is 1. The Morgan fingerprint density at radius 1 is 0.909 bits per heavy atom. The predicted molar refractivity (Wildman–Crippen MR) is 137 cm³/mol. The SMILES string of the molecule is CCOc1ccc(C=Cc2ccc(C3CCC(C[C@H](C)c4ccccc4)CC3)cc2F)cc1. The van der Waals surface area contributed by atoms with Gasteiger partial charge in [0.1, 0.15) is 11.6 Å². The third-order valence-corrected chi connectivity index (χ3v) is 7.04. The van der Waals surface area contributed by atoms with Crippen LogP contribution >= 0.6 is 0 Å². The predicted octanol–water partition coefficient (Wildman–Crippen LogP) is 8.86. The number of rotatable bonds is 8. The fourth-order valence-corrected chi connectivity index (χ4v) is 5.11. The largest absolute Gasteiger partial charge is 0.494 e. The van der Waals surface area contributed by atoms with E-state index in [4.69, 9.17) is 4.74 Å². The zero-order valence-corrected chi connectivity index (χ0v) is 19.8. The lowest BCUT2D eigenvalue weighted by Crippen LogP contribution is -2.15. The molecule has 172 valence electrons. The maximum absolute atomic E-state index is 14.8. The second-order valence-corrected chi connectivity index (χ2v) is 9.38. The zero-order chi connectivity index (χ0) is 23.0. The van der Waals surface area contributed by atoms with Crippen molar-refractivity contribution in [3.05, 3.63) is 101 Å². The van der Waals surface area contributed by atoms with Crippen molar-refractivity contribution in [3.63, 3.8) is 0 Å². The molecule has 1 fully saturated rings. The number of hydrogen-bond donors (Lipinski definition) is 0. The maximum Gasteiger partial charge on any atom is 0.130 e. The van der Waals surface area contributed by atoms with Crippen molar-refractivity contribution in [3.8, 4) is 5.75 Å². The molecule has 0 aliphatic heterocycles. The Labute approximate surface area is 198 Å². The molecule has 3 aromatic rings. The van der Waals surface area contributed by atoms with Gasteiger partial charge in [-0.2, -0.15) is 0 Å². The highest BCUT2D eigenvalue weighted by Gasteiger charge is 2.24. The summed E-state index contributed by atoms with van der Waals surface area (Å²) >= 11 is 0. The minimum absolute atomic E-state index is 0.130. The van der Waals surface area contributed by atoms with E-state index in [9.17, 15) is 4.39 Å². The van der Waals surface area contributed by atoms with Crippen molar-refractivity contribution in [1.82, 2.24) is 0 Å². The Kier molecular flexibility index (Phi) is 7.99.